The van der Waals surface area contributed by atoms with E-state index in [2.05, 4.69) is 17.6 Å². The van der Waals surface area contributed by atoms with Gasteiger partial charge in [0.05, 0.1) is 6.42 Å². The van der Waals surface area contributed by atoms with Crippen LogP contribution >= 0.6 is 0 Å². The molecule has 0 bridgehead atoms. The van der Waals surface area contributed by atoms with Crippen molar-refractivity contribution in [2.45, 2.75) is 51.0 Å². The lowest BCUT2D eigenvalue weighted by atomic mass is 9.83. The summed E-state index contributed by atoms with van der Waals surface area (Å²) in [6.45, 7) is 2.08. The number of amides is 2. The van der Waals surface area contributed by atoms with Crippen molar-refractivity contribution in [2.24, 2.45) is 0 Å². The molecule has 1 fully saturated rings. The van der Waals surface area contributed by atoms with Crippen LogP contribution in [0.1, 0.15) is 44.6 Å². The SMILES string of the molecule is CC1(NC(=O)Nc2cccc(CC(=O)O)c2)CCCCC1. The van der Waals surface area contributed by atoms with Crippen molar-refractivity contribution in [1.82, 2.24) is 5.32 Å². The summed E-state index contributed by atoms with van der Waals surface area (Å²) in [5, 5.41) is 14.6. The number of carbonyl (C=O) groups is 2. The molecule has 0 atom stereocenters. The number of carboxylic acid groups (broad SMARTS) is 1. The molecule has 0 aliphatic heterocycles. The van der Waals surface area contributed by atoms with Crippen molar-refractivity contribution in [3.8, 4) is 0 Å². The first-order valence-corrected chi connectivity index (χ1v) is 7.37. The van der Waals surface area contributed by atoms with E-state index in [4.69, 9.17) is 5.11 Å². The molecular weight excluding hydrogens is 268 g/mol. The number of hydrogen-bond donors (Lipinski definition) is 3. The fraction of sp³-hybridized carbons (Fsp3) is 0.500. The number of urea groups is 1. The summed E-state index contributed by atoms with van der Waals surface area (Å²) in [6, 6.07) is 6.70. The fourth-order valence-electron chi connectivity index (χ4n) is 2.83. The zero-order chi connectivity index (χ0) is 15.3. The van der Waals surface area contributed by atoms with Crippen LogP contribution in [0.15, 0.2) is 24.3 Å². The highest BCUT2D eigenvalue weighted by molar-refractivity contribution is 5.90. The number of aliphatic carboxylic acids is 1. The number of hydrogen-bond acceptors (Lipinski definition) is 2. The number of carboxylic acids is 1. The lowest BCUT2D eigenvalue weighted by Crippen LogP contribution is -2.48. The third-order valence-corrected chi connectivity index (χ3v) is 3.91. The maximum Gasteiger partial charge on any atom is 0.319 e. The van der Waals surface area contributed by atoms with Gasteiger partial charge < -0.3 is 15.7 Å². The van der Waals surface area contributed by atoms with E-state index in [0.717, 1.165) is 25.7 Å². The van der Waals surface area contributed by atoms with Gasteiger partial charge in [-0.1, -0.05) is 31.4 Å². The highest BCUT2D eigenvalue weighted by atomic mass is 16.4. The van der Waals surface area contributed by atoms with Gasteiger partial charge in [-0.2, -0.15) is 0 Å². The highest BCUT2D eigenvalue weighted by Crippen LogP contribution is 2.27. The maximum absolute atomic E-state index is 12.1. The summed E-state index contributed by atoms with van der Waals surface area (Å²) in [6.07, 6.45) is 5.47. The van der Waals surface area contributed by atoms with E-state index < -0.39 is 5.97 Å². The number of nitrogens with one attached hydrogen (secondary N) is 2. The molecule has 1 saturated carbocycles. The Balaban J connectivity index is 1.94. The number of benzene rings is 1. The second-order valence-corrected chi connectivity index (χ2v) is 5.97. The van der Waals surface area contributed by atoms with E-state index in [9.17, 15) is 9.59 Å². The molecule has 2 amide bonds. The zero-order valence-corrected chi connectivity index (χ0v) is 12.3. The molecule has 0 radical (unpaired) electrons. The van der Waals surface area contributed by atoms with Crippen LogP contribution in [0.2, 0.25) is 0 Å². The summed E-state index contributed by atoms with van der Waals surface area (Å²) in [4.78, 5) is 22.8. The summed E-state index contributed by atoms with van der Waals surface area (Å²) in [5.74, 6) is -0.883. The van der Waals surface area contributed by atoms with Crippen LogP contribution in [0.25, 0.3) is 0 Å². The average Bonchev–Trinajstić information content (AvgIpc) is 2.38. The first kappa shape index (κ1) is 15.4. The van der Waals surface area contributed by atoms with E-state index in [1.165, 1.54) is 6.42 Å². The Labute approximate surface area is 124 Å². The number of carbonyl (C=O) groups excluding carboxylic acids is 1. The predicted molar refractivity (Wildman–Crippen MR) is 81.4 cm³/mol. The Kier molecular flexibility index (Phi) is 4.83. The van der Waals surface area contributed by atoms with Crippen LogP contribution in [0.5, 0.6) is 0 Å². The minimum atomic E-state index is -0.883. The molecule has 2 rings (SSSR count). The molecule has 1 aromatic rings. The molecule has 3 N–H and O–H groups in total. The van der Waals surface area contributed by atoms with Crippen molar-refractivity contribution in [2.75, 3.05) is 5.32 Å². The first-order valence-electron chi connectivity index (χ1n) is 7.37. The number of anilines is 1. The van der Waals surface area contributed by atoms with E-state index in [-0.39, 0.29) is 18.0 Å². The van der Waals surface area contributed by atoms with Crippen molar-refractivity contribution < 1.29 is 14.7 Å². The van der Waals surface area contributed by atoms with Gasteiger partial charge in [0.15, 0.2) is 0 Å². The Morgan fingerprint density at radius 1 is 1.24 bits per heavy atom. The van der Waals surface area contributed by atoms with Crippen LogP contribution in [0, 0.1) is 0 Å². The van der Waals surface area contributed by atoms with Gasteiger partial charge in [-0.3, -0.25) is 4.79 Å². The maximum atomic E-state index is 12.1. The van der Waals surface area contributed by atoms with Gasteiger partial charge in [0.1, 0.15) is 0 Å². The molecule has 5 nitrogen and oxygen atoms in total. The third kappa shape index (κ3) is 4.77. The molecule has 1 aliphatic carbocycles. The molecule has 114 valence electrons. The standard InChI is InChI=1S/C16H22N2O3/c1-16(8-3-2-4-9-16)18-15(21)17-13-7-5-6-12(10-13)11-14(19)20/h5-7,10H,2-4,8-9,11H2,1H3,(H,19,20)(H2,17,18,21). The summed E-state index contributed by atoms with van der Waals surface area (Å²) in [7, 11) is 0. The van der Waals surface area contributed by atoms with Gasteiger partial charge in [0.25, 0.3) is 0 Å². The topological polar surface area (TPSA) is 78.4 Å². The quantitative estimate of drug-likeness (QED) is 0.797. The molecule has 0 heterocycles. The van der Waals surface area contributed by atoms with Crippen LogP contribution in [-0.4, -0.2) is 22.6 Å². The molecule has 5 heteroatoms. The van der Waals surface area contributed by atoms with Crippen LogP contribution in [0.4, 0.5) is 10.5 Å². The van der Waals surface area contributed by atoms with Gasteiger partial charge in [-0.25, -0.2) is 4.79 Å². The number of rotatable bonds is 4. The lowest BCUT2D eigenvalue weighted by Gasteiger charge is -2.34. The van der Waals surface area contributed by atoms with Crippen LogP contribution in [0.3, 0.4) is 0 Å². The van der Waals surface area contributed by atoms with Crippen molar-refractivity contribution in [3.05, 3.63) is 29.8 Å². The summed E-state index contributed by atoms with van der Waals surface area (Å²) < 4.78 is 0. The smallest absolute Gasteiger partial charge is 0.319 e. The van der Waals surface area contributed by atoms with Gasteiger partial charge in [0, 0.05) is 11.2 Å². The Bertz CT molecular complexity index is 522. The third-order valence-electron chi connectivity index (χ3n) is 3.91. The summed E-state index contributed by atoms with van der Waals surface area (Å²) >= 11 is 0. The monoisotopic (exact) mass is 290 g/mol. The largest absolute Gasteiger partial charge is 0.481 e. The van der Waals surface area contributed by atoms with Gasteiger partial charge in [-0.05, 0) is 37.5 Å². The molecule has 0 saturated heterocycles. The minimum Gasteiger partial charge on any atom is -0.481 e. The zero-order valence-electron chi connectivity index (χ0n) is 12.3. The second kappa shape index (κ2) is 6.61. The van der Waals surface area contributed by atoms with Gasteiger partial charge in [-0.15, -0.1) is 0 Å². The Hall–Kier alpha value is -2.04. The average molecular weight is 290 g/mol. The molecule has 1 aliphatic rings. The second-order valence-electron chi connectivity index (χ2n) is 5.97. The van der Waals surface area contributed by atoms with Gasteiger partial charge in [0.2, 0.25) is 0 Å². The molecule has 0 unspecified atom stereocenters. The predicted octanol–water partition coefficient (Wildman–Crippen LogP) is 3.16. The molecule has 0 spiro atoms. The van der Waals surface area contributed by atoms with E-state index in [0.29, 0.717) is 11.3 Å². The minimum absolute atomic E-state index is 0.0468. The van der Waals surface area contributed by atoms with Crippen molar-refractivity contribution in [1.29, 1.82) is 0 Å². The van der Waals surface area contributed by atoms with Crippen LogP contribution in [-0.2, 0) is 11.2 Å². The van der Waals surface area contributed by atoms with Crippen LogP contribution < -0.4 is 10.6 Å². The molecule has 21 heavy (non-hydrogen) atoms. The van der Waals surface area contributed by atoms with E-state index >= 15 is 0 Å². The van der Waals surface area contributed by atoms with E-state index in [1.54, 1.807) is 24.3 Å². The fourth-order valence-corrected chi connectivity index (χ4v) is 2.83. The van der Waals surface area contributed by atoms with E-state index in [1.807, 2.05) is 0 Å². The normalized spacial score (nSPS) is 17.0. The Morgan fingerprint density at radius 3 is 2.62 bits per heavy atom. The lowest BCUT2D eigenvalue weighted by molar-refractivity contribution is -0.136. The van der Waals surface area contributed by atoms with Crippen molar-refractivity contribution >= 4 is 17.7 Å². The Morgan fingerprint density at radius 2 is 1.95 bits per heavy atom. The first-order chi connectivity index (χ1) is 9.97. The summed E-state index contributed by atoms with van der Waals surface area (Å²) in [5.41, 5.74) is 1.15. The molecule has 1 aromatic carbocycles. The molecular formula is C16H22N2O3. The van der Waals surface area contributed by atoms with Gasteiger partial charge >= 0.3 is 12.0 Å². The van der Waals surface area contributed by atoms with Crippen molar-refractivity contribution in [3.63, 3.8) is 0 Å². The molecule has 0 aromatic heterocycles. The highest BCUT2D eigenvalue weighted by Gasteiger charge is 2.28.